The number of Topliss-reactive ketones (excluding diaryl/α,β-unsaturated/α-hetero) is 1. The van der Waals surface area contributed by atoms with Crippen molar-refractivity contribution in [2.45, 2.75) is 33.6 Å². The normalized spacial score (nSPS) is 12.5. The summed E-state index contributed by atoms with van der Waals surface area (Å²) >= 11 is 0. The number of rotatable bonds is 7. The van der Waals surface area contributed by atoms with Gasteiger partial charge in [-0.2, -0.15) is 0 Å². The van der Waals surface area contributed by atoms with Crippen molar-refractivity contribution in [3.05, 3.63) is 29.3 Å². The van der Waals surface area contributed by atoms with Crippen LogP contribution in [0.25, 0.3) is 0 Å². The summed E-state index contributed by atoms with van der Waals surface area (Å²) in [6.07, 6.45) is 1.48. The molecule has 0 fully saturated rings. The third-order valence-corrected chi connectivity index (χ3v) is 3.27. The molecule has 1 aromatic carbocycles. The summed E-state index contributed by atoms with van der Waals surface area (Å²) in [6.45, 7) is 6.84. The Hall–Kier alpha value is -1.35. The number of carbonyl (C=O) groups excluding carboxylic acids is 1. The standard InChI is InChI=1S/C16H25NO2/c1-11(2)7-13(10-17)9-15(18)14-8-12(3)5-6-16(14)19-4/h5-6,8,11,13H,7,9-10,17H2,1-4H3. The Bertz CT molecular complexity index is 427. The molecule has 2 N–H and O–H groups in total. The number of hydrogen-bond donors (Lipinski definition) is 1. The minimum absolute atomic E-state index is 0.122. The van der Waals surface area contributed by atoms with Crippen LogP contribution >= 0.6 is 0 Å². The molecule has 1 unspecified atom stereocenters. The number of carbonyl (C=O) groups is 1. The highest BCUT2D eigenvalue weighted by Gasteiger charge is 2.18. The Morgan fingerprint density at radius 3 is 2.58 bits per heavy atom. The summed E-state index contributed by atoms with van der Waals surface area (Å²) in [4.78, 5) is 12.4. The first-order chi connectivity index (χ1) is 8.97. The second kappa shape index (κ2) is 7.29. The Labute approximate surface area is 116 Å². The molecular weight excluding hydrogens is 238 g/mol. The van der Waals surface area contributed by atoms with Crippen LogP contribution in [-0.4, -0.2) is 19.4 Å². The van der Waals surface area contributed by atoms with E-state index in [0.717, 1.165) is 12.0 Å². The van der Waals surface area contributed by atoms with Crippen LogP contribution in [0.3, 0.4) is 0 Å². The molecule has 0 aromatic heterocycles. The quantitative estimate of drug-likeness (QED) is 0.769. The van der Waals surface area contributed by atoms with E-state index in [4.69, 9.17) is 10.5 Å². The molecule has 0 radical (unpaired) electrons. The van der Waals surface area contributed by atoms with Crippen LogP contribution in [0.2, 0.25) is 0 Å². The second-order valence-electron chi connectivity index (χ2n) is 5.56. The first-order valence-electron chi connectivity index (χ1n) is 6.85. The summed E-state index contributed by atoms with van der Waals surface area (Å²) in [5.41, 5.74) is 7.50. The van der Waals surface area contributed by atoms with Crippen molar-refractivity contribution in [2.75, 3.05) is 13.7 Å². The maximum atomic E-state index is 12.4. The van der Waals surface area contributed by atoms with Crippen LogP contribution in [0, 0.1) is 18.8 Å². The molecule has 0 bridgehead atoms. The number of ketones is 1. The summed E-state index contributed by atoms with van der Waals surface area (Å²) in [7, 11) is 1.59. The van der Waals surface area contributed by atoms with Gasteiger partial charge in [0.1, 0.15) is 5.75 Å². The highest BCUT2D eigenvalue weighted by molar-refractivity contribution is 5.99. The zero-order valence-electron chi connectivity index (χ0n) is 12.4. The van der Waals surface area contributed by atoms with Crippen LogP contribution in [-0.2, 0) is 0 Å². The highest BCUT2D eigenvalue weighted by atomic mass is 16.5. The topological polar surface area (TPSA) is 52.3 Å². The molecule has 1 aromatic rings. The van der Waals surface area contributed by atoms with Crippen molar-refractivity contribution in [3.63, 3.8) is 0 Å². The van der Waals surface area contributed by atoms with E-state index >= 15 is 0 Å². The zero-order chi connectivity index (χ0) is 14.4. The summed E-state index contributed by atoms with van der Waals surface area (Å²) in [5.74, 6) is 1.58. The van der Waals surface area contributed by atoms with Gasteiger partial charge in [-0.1, -0.05) is 25.5 Å². The van der Waals surface area contributed by atoms with Gasteiger partial charge in [0, 0.05) is 6.42 Å². The summed E-state index contributed by atoms with van der Waals surface area (Å²) in [5, 5.41) is 0. The zero-order valence-corrected chi connectivity index (χ0v) is 12.4. The Morgan fingerprint density at radius 1 is 1.37 bits per heavy atom. The van der Waals surface area contributed by atoms with Crippen LogP contribution < -0.4 is 10.5 Å². The molecule has 0 saturated carbocycles. The number of nitrogens with two attached hydrogens (primary N) is 1. The van der Waals surface area contributed by atoms with E-state index in [0.29, 0.717) is 30.2 Å². The van der Waals surface area contributed by atoms with Gasteiger partial charge < -0.3 is 10.5 Å². The molecular formula is C16H25NO2. The Balaban J connectivity index is 2.84. The lowest BCUT2D eigenvalue weighted by Crippen LogP contribution is -2.20. The van der Waals surface area contributed by atoms with E-state index < -0.39 is 0 Å². The smallest absolute Gasteiger partial charge is 0.166 e. The van der Waals surface area contributed by atoms with Gasteiger partial charge in [0.05, 0.1) is 12.7 Å². The van der Waals surface area contributed by atoms with Crippen LogP contribution in [0.5, 0.6) is 5.75 Å². The Morgan fingerprint density at radius 2 is 2.05 bits per heavy atom. The first kappa shape index (κ1) is 15.7. The number of benzene rings is 1. The molecule has 1 atom stereocenters. The second-order valence-corrected chi connectivity index (χ2v) is 5.56. The van der Waals surface area contributed by atoms with Crippen LogP contribution in [0.4, 0.5) is 0 Å². The average molecular weight is 263 g/mol. The van der Waals surface area contributed by atoms with Gasteiger partial charge in [0.2, 0.25) is 0 Å². The fourth-order valence-electron chi connectivity index (χ4n) is 2.34. The number of aryl methyl sites for hydroxylation is 1. The maximum absolute atomic E-state index is 12.4. The molecule has 0 saturated heterocycles. The molecule has 3 heteroatoms. The average Bonchev–Trinajstić information content (AvgIpc) is 2.37. The fraction of sp³-hybridized carbons (Fsp3) is 0.562. The lowest BCUT2D eigenvalue weighted by atomic mass is 9.90. The highest BCUT2D eigenvalue weighted by Crippen LogP contribution is 2.24. The SMILES string of the molecule is COc1ccc(C)cc1C(=O)CC(CN)CC(C)C. The third kappa shape index (κ3) is 4.67. The molecule has 3 nitrogen and oxygen atoms in total. The van der Waals surface area contributed by atoms with Gasteiger partial charge >= 0.3 is 0 Å². The molecule has 0 aliphatic carbocycles. The van der Waals surface area contributed by atoms with Gasteiger partial charge in [-0.05, 0) is 43.9 Å². The summed E-state index contributed by atoms with van der Waals surface area (Å²) in [6, 6.07) is 5.69. The van der Waals surface area contributed by atoms with E-state index in [1.165, 1.54) is 0 Å². The number of hydrogen-bond acceptors (Lipinski definition) is 3. The van der Waals surface area contributed by atoms with Gasteiger partial charge in [-0.3, -0.25) is 4.79 Å². The lowest BCUT2D eigenvalue weighted by Gasteiger charge is -2.17. The van der Waals surface area contributed by atoms with Gasteiger partial charge in [-0.15, -0.1) is 0 Å². The van der Waals surface area contributed by atoms with Gasteiger partial charge in [0.15, 0.2) is 5.78 Å². The minimum atomic E-state index is 0.122. The predicted molar refractivity (Wildman–Crippen MR) is 78.7 cm³/mol. The third-order valence-electron chi connectivity index (χ3n) is 3.27. The van der Waals surface area contributed by atoms with Crippen molar-refractivity contribution >= 4 is 5.78 Å². The molecule has 0 aliphatic rings. The largest absolute Gasteiger partial charge is 0.496 e. The monoisotopic (exact) mass is 263 g/mol. The molecule has 0 amide bonds. The van der Waals surface area contributed by atoms with E-state index in [9.17, 15) is 4.79 Å². The van der Waals surface area contributed by atoms with E-state index in [1.54, 1.807) is 7.11 Å². The fourth-order valence-corrected chi connectivity index (χ4v) is 2.34. The molecule has 0 spiro atoms. The van der Waals surface area contributed by atoms with E-state index in [1.807, 2.05) is 25.1 Å². The van der Waals surface area contributed by atoms with Crippen LogP contribution in [0.15, 0.2) is 18.2 Å². The van der Waals surface area contributed by atoms with Crippen molar-refractivity contribution in [3.8, 4) is 5.75 Å². The molecule has 0 aliphatic heterocycles. The molecule has 106 valence electrons. The van der Waals surface area contributed by atoms with E-state index in [-0.39, 0.29) is 11.7 Å². The molecule has 19 heavy (non-hydrogen) atoms. The van der Waals surface area contributed by atoms with Gasteiger partial charge in [-0.25, -0.2) is 0 Å². The predicted octanol–water partition coefficient (Wildman–Crippen LogP) is 3.20. The number of ether oxygens (including phenoxy) is 1. The molecule has 0 heterocycles. The summed E-state index contributed by atoms with van der Waals surface area (Å²) < 4.78 is 5.27. The Kier molecular flexibility index (Phi) is 6.03. The van der Waals surface area contributed by atoms with Crippen molar-refractivity contribution in [1.82, 2.24) is 0 Å². The first-order valence-corrected chi connectivity index (χ1v) is 6.85. The van der Waals surface area contributed by atoms with Crippen LogP contribution in [0.1, 0.15) is 42.6 Å². The number of methoxy groups -OCH3 is 1. The minimum Gasteiger partial charge on any atom is -0.496 e. The van der Waals surface area contributed by atoms with Crippen molar-refractivity contribution in [1.29, 1.82) is 0 Å². The van der Waals surface area contributed by atoms with Gasteiger partial charge in [0.25, 0.3) is 0 Å². The van der Waals surface area contributed by atoms with E-state index in [2.05, 4.69) is 13.8 Å². The van der Waals surface area contributed by atoms with Crippen molar-refractivity contribution < 1.29 is 9.53 Å². The maximum Gasteiger partial charge on any atom is 0.166 e. The lowest BCUT2D eigenvalue weighted by molar-refractivity contribution is 0.0954. The molecule has 1 rings (SSSR count). The van der Waals surface area contributed by atoms with Crippen molar-refractivity contribution in [2.24, 2.45) is 17.6 Å².